The lowest BCUT2D eigenvalue weighted by Gasteiger charge is -2.07. The minimum absolute atomic E-state index is 0.0637. The van der Waals surface area contributed by atoms with Gasteiger partial charge in [-0.3, -0.25) is 4.98 Å². The number of nitrogens with zero attached hydrogens (tertiary/aromatic N) is 1. The van der Waals surface area contributed by atoms with E-state index in [0.29, 0.717) is 18.7 Å². The molecule has 1 heterocycles. The van der Waals surface area contributed by atoms with Gasteiger partial charge in [-0.1, -0.05) is 0 Å². The second-order valence-electron chi connectivity index (χ2n) is 4.02. The van der Waals surface area contributed by atoms with E-state index in [4.69, 9.17) is 0 Å². The molecular formula is C11H16N3O3S. The van der Waals surface area contributed by atoms with Crippen molar-refractivity contribution in [2.75, 3.05) is 23.9 Å². The molecular weight excluding hydrogens is 254 g/mol. The predicted molar refractivity (Wildman–Crippen MR) is 69.2 cm³/mol. The molecule has 0 fully saturated rings. The summed E-state index contributed by atoms with van der Waals surface area (Å²) in [5.41, 5.74) is 1.40. The summed E-state index contributed by atoms with van der Waals surface area (Å²) in [5.74, 6) is 0.0637. The topological polar surface area (TPSA) is 88.2 Å². The van der Waals surface area contributed by atoms with Gasteiger partial charge in [0.15, 0.2) is 0 Å². The fourth-order valence-corrected chi connectivity index (χ4v) is 1.96. The summed E-state index contributed by atoms with van der Waals surface area (Å²) in [6, 6.07) is 1.36. The Kier molecular flexibility index (Phi) is 5.08. The highest BCUT2D eigenvalue weighted by Crippen LogP contribution is 2.05. The highest BCUT2D eigenvalue weighted by molar-refractivity contribution is 7.90. The van der Waals surface area contributed by atoms with E-state index >= 15 is 0 Å². The van der Waals surface area contributed by atoms with E-state index in [1.54, 1.807) is 6.07 Å². The third-order valence-electron chi connectivity index (χ3n) is 2.05. The molecule has 0 aliphatic carbocycles. The molecule has 6 nitrogen and oxygen atoms in total. The third-order valence-corrected chi connectivity index (χ3v) is 3.08. The molecule has 2 amide bonds. The number of hydrogen-bond donors (Lipinski definition) is 2. The van der Waals surface area contributed by atoms with Gasteiger partial charge in [-0.15, -0.1) is 0 Å². The highest BCUT2D eigenvalue weighted by Gasteiger charge is 2.04. The van der Waals surface area contributed by atoms with Crippen molar-refractivity contribution < 1.29 is 13.2 Å². The van der Waals surface area contributed by atoms with Crippen LogP contribution in [-0.4, -0.2) is 38.0 Å². The number of rotatable bonds is 5. The Hall–Kier alpha value is -1.63. The Morgan fingerprint density at radius 1 is 1.50 bits per heavy atom. The minimum Gasteiger partial charge on any atom is -0.338 e. The average molecular weight is 270 g/mol. The van der Waals surface area contributed by atoms with E-state index in [0.717, 1.165) is 5.56 Å². The number of aryl methyl sites for hydroxylation is 1. The number of urea groups is 1. The number of nitrogens with one attached hydrogen (secondary N) is 2. The van der Waals surface area contributed by atoms with Gasteiger partial charge in [0, 0.05) is 12.8 Å². The molecule has 0 atom stereocenters. The van der Waals surface area contributed by atoms with Crippen molar-refractivity contribution in [3.8, 4) is 0 Å². The van der Waals surface area contributed by atoms with Crippen molar-refractivity contribution in [2.24, 2.45) is 0 Å². The summed E-state index contributed by atoms with van der Waals surface area (Å²) < 4.78 is 21.7. The minimum atomic E-state index is -2.97. The van der Waals surface area contributed by atoms with Gasteiger partial charge in [0.05, 0.1) is 23.8 Å². The number of amides is 2. The van der Waals surface area contributed by atoms with Crippen molar-refractivity contribution in [3.05, 3.63) is 24.0 Å². The lowest BCUT2D eigenvalue weighted by molar-refractivity contribution is 0.252. The third kappa shape index (κ3) is 6.19. The van der Waals surface area contributed by atoms with E-state index in [1.807, 2.05) is 6.92 Å². The Morgan fingerprint density at radius 2 is 2.22 bits per heavy atom. The number of sulfone groups is 1. The molecule has 1 rings (SSSR count). The molecule has 0 saturated carbocycles. The number of hydrogen-bond acceptors (Lipinski definition) is 4. The smallest absolute Gasteiger partial charge is 0.319 e. The molecule has 0 saturated heterocycles. The maximum Gasteiger partial charge on any atom is 0.319 e. The van der Waals surface area contributed by atoms with Crippen LogP contribution in [0.2, 0.25) is 0 Å². The zero-order valence-electron chi connectivity index (χ0n) is 10.4. The van der Waals surface area contributed by atoms with E-state index < -0.39 is 9.84 Å². The van der Waals surface area contributed by atoms with Gasteiger partial charge in [-0.2, -0.15) is 0 Å². The normalized spacial score (nSPS) is 11.0. The summed E-state index contributed by atoms with van der Waals surface area (Å²) >= 11 is 0. The molecule has 1 radical (unpaired) electrons. The number of carbonyl (C=O) groups is 1. The van der Waals surface area contributed by atoms with Gasteiger partial charge in [-0.05, 0) is 25.0 Å². The first kappa shape index (κ1) is 14.4. The zero-order chi connectivity index (χ0) is 13.6. The van der Waals surface area contributed by atoms with Crippen LogP contribution in [0.4, 0.5) is 10.5 Å². The predicted octanol–water partition coefficient (Wildman–Crippen LogP) is 0.746. The summed E-state index contributed by atoms with van der Waals surface area (Å²) in [7, 11) is -2.97. The molecule has 0 aliphatic heterocycles. The van der Waals surface area contributed by atoms with Gasteiger partial charge in [-0.25, -0.2) is 13.2 Å². The number of aromatic nitrogens is 1. The monoisotopic (exact) mass is 270 g/mol. The van der Waals surface area contributed by atoms with Crippen LogP contribution >= 0.6 is 0 Å². The molecule has 0 spiro atoms. The van der Waals surface area contributed by atoms with Gasteiger partial charge < -0.3 is 10.6 Å². The lowest BCUT2D eigenvalue weighted by atomic mass is 10.3. The molecule has 1 aromatic heterocycles. The lowest BCUT2D eigenvalue weighted by Crippen LogP contribution is -2.30. The molecule has 0 aliphatic rings. The van der Waals surface area contributed by atoms with Crippen LogP contribution in [0.15, 0.2) is 12.3 Å². The largest absolute Gasteiger partial charge is 0.338 e. The quantitative estimate of drug-likeness (QED) is 0.773. The van der Waals surface area contributed by atoms with Gasteiger partial charge >= 0.3 is 6.03 Å². The van der Waals surface area contributed by atoms with E-state index in [9.17, 15) is 13.2 Å². The fourth-order valence-electron chi connectivity index (χ4n) is 1.29. The Balaban J connectivity index is 2.30. The average Bonchev–Trinajstić information content (AvgIpc) is 2.23. The molecule has 0 unspecified atom stereocenters. The first-order valence-corrected chi connectivity index (χ1v) is 7.50. The molecule has 7 heteroatoms. The molecule has 2 N–H and O–H groups in total. The van der Waals surface area contributed by atoms with Crippen molar-refractivity contribution in [2.45, 2.75) is 13.3 Å². The van der Waals surface area contributed by atoms with Crippen LogP contribution in [0.1, 0.15) is 12.0 Å². The highest BCUT2D eigenvalue weighted by atomic mass is 32.2. The number of pyridine rings is 1. The van der Waals surface area contributed by atoms with Crippen LogP contribution in [0.3, 0.4) is 0 Å². The Labute approximate surface area is 107 Å². The number of carbonyl (C=O) groups excluding carboxylic acids is 1. The standard InChI is InChI=1S/C11H16N3O3S/c1-9-6-10(8-12-7-9)14-11(15)13-4-3-5-18(2,16)17/h6,8H,3-5H2,1-2H3,(H2,13,14,15). The van der Waals surface area contributed by atoms with Crippen LogP contribution < -0.4 is 10.6 Å². The molecule has 1 aromatic rings. The zero-order valence-corrected chi connectivity index (χ0v) is 11.2. The first-order chi connectivity index (χ1) is 8.37. The van der Waals surface area contributed by atoms with Crippen LogP contribution in [0.5, 0.6) is 0 Å². The van der Waals surface area contributed by atoms with E-state index in [-0.39, 0.29) is 11.8 Å². The maximum atomic E-state index is 11.4. The SMILES string of the molecule is Cc1[c]ncc(NC(=O)NCCCS(C)(=O)=O)c1. The van der Waals surface area contributed by atoms with E-state index in [2.05, 4.69) is 21.8 Å². The molecule has 18 heavy (non-hydrogen) atoms. The van der Waals surface area contributed by atoms with Crippen molar-refractivity contribution in [1.29, 1.82) is 0 Å². The summed E-state index contributed by atoms with van der Waals surface area (Å²) in [6.45, 7) is 2.13. The molecule has 99 valence electrons. The van der Waals surface area contributed by atoms with Gasteiger partial charge in [0.2, 0.25) is 0 Å². The van der Waals surface area contributed by atoms with Crippen LogP contribution in [-0.2, 0) is 9.84 Å². The summed E-state index contributed by atoms with van der Waals surface area (Å²) in [4.78, 5) is 15.3. The molecule has 0 bridgehead atoms. The van der Waals surface area contributed by atoms with Crippen molar-refractivity contribution in [1.82, 2.24) is 10.3 Å². The van der Waals surface area contributed by atoms with Gasteiger partial charge in [0.1, 0.15) is 9.84 Å². The van der Waals surface area contributed by atoms with Crippen molar-refractivity contribution >= 4 is 21.6 Å². The fraction of sp³-hybridized carbons (Fsp3) is 0.455. The second-order valence-corrected chi connectivity index (χ2v) is 6.28. The summed E-state index contributed by atoms with van der Waals surface area (Å²) in [5, 5.41) is 5.17. The Morgan fingerprint density at radius 3 is 2.83 bits per heavy atom. The Bertz CT molecular complexity index is 514. The van der Waals surface area contributed by atoms with Crippen LogP contribution in [0.25, 0.3) is 0 Å². The maximum absolute atomic E-state index is 11.4. The van der Waals surface area contributed by atoms with Gasteiger partial charge in [0.25, 0.3) is 0 Å². The second kappa shape index (κ2) is 6.34. The van der Waals surface area contributed by atoms with Crippen LogP contribution in [0, 0.1) is 13.1 Å². The summed E-state index contributed by atoms with van der Waals surface area (Å²) in [6.07, 6.45) is 5.78. The molecule has 0 aromatic carbocycles. The van der Waals surface area contributed by atoms with E-state index in [1.165, 1.54) is 12.5 Å². The number of anilines is 1. The van der Waals surface area contributed by atoms with Crippen molar-refractivity contribution in [3.63, 3.8) is 0 Å². The first-order valence-electron chi connectivity index (χ1n) is 5.44.